The minimum Gasteiger partial charge on any atom is -0.389 e. The van der Waals surface area contributed by atoms with E-state index >= 15 is 0 Å². The molecule has 0 radical (unpaired) electrons. The molecule has 0 spiro atoms. The number of hydrogen-bond donors (Lipinski definition) is 2. The number of hydrogen-bond acceptors (Lipinski definition) is 3. The third kappa shape index (κ3) is 4.00. The van der Waals surface area contributed by atoms with E-state index in [1.807, 2.05) is 24.3 Å². The van der Waals surface area contributed by atoms with Gasteiger partial charge in [-0.25, -0.2) is 4.39 Å². The highest BCUT2D eigenvalue weighted by molar-refractivity contribution is 7.80. The van der Waals surface area contributed by atoms with Crippen LogP contribution >= 0.6 is 12.2 Å². The minimum absolute atomic E-state index is 0.159. The van der Waals surface area contributed by atoms with Gasteiger partial charge >= 0.3 is 0 Å². The molecular formula is C16H17FN2OS. The zero-order valence-electron chi connectivity index (χ0n) is 11.7. The third-order valence-corrected chi connectivity index (χ3v) is 3.33. The Labute approximate surface area is 128 Å². The molecule has 2 aromatic carbocycles. The molecule has 0 fully saturated rings. The summed E-state index contributed by atoms with van der Waals surface area (Å²) < 4.78 is 18.4. The lowest BCUT2D eigenvalue weighted by Crippen LogP contribution is -2.12. The van der Waals surface area contributed by atoms with Crippen molar-refractivity contribution in [1.82, 2.24) is 0 Å². The number of methoxy groups -OCH3 is 1. The zero-order valence-corrected chi connectivity index (χ0v) is 12.5. The summed E-state index contributed by atoms with van der Waals surface area (Å²) in [5.74, 6) is -0.365. The van der Waals surface area contributed by atoms with Gasteiger partial charge in [0.15, 0.2) is 0 Å². The van der Waals surface area contributed by atoms with Crippen molar-refractivity contribution in [2.45, 2.75) is 6.42 Å². The monoisotopic (exact) mass is 304 g/mol. The van der Waals surface area contributed by atoms with Crippen molar-refractivity contribution in [3.63, 3.8) is 0 Å². The van der Waals surface area contributed by atoms with Gasteiger partial charge in [0.25, 0.3) is 0 Å². The second-order valence-corrected chi connectivity index (χ2v) is 5.02. The van der Waals surface area contributed by atoms with Gasteiger partial charge in [-0.05, 0) is 36.2 Å². The fraction of sp³-hybridized carbons (Fsp3) is 0.188. The molecule has 3 N–H and O–H groups in total. The third-order valence-electron chi connectivity index (χ3n) is 3.11. The standard InChI is InChI=1S/C16H17FN2OS/c1-20-9-8-11-4-2-3-5-14(11)19-15-7-6-12(17)10-13(15)16(18)21/h2-7,10,19H,8-9H2,1H3,(H2,18,21). The van der Waals surface area contributed by atoms with Crippen LogP contribution in [-0.4, -0.2) is 18.7 Å². The predicted octanol–water partition coefficient (Wildman–Crippen LogP) is 3.39. The zero-order chi connectivity index (χ0) is 15.2. The molecule has 0 atom stereocenters. The van der Waals surface area contributed by atoms with Crippen molar-refractivity contribution in [3.8, 4) is 0 Å². The Kier molecular flexibility index (Phi) is 5.25. The van der Waals surface area contributed by atoms with E-state index in [2.05, 4.69) is 5.32 Å². The molecule has 0 aliphatic carbocycles. The van der Waals surface area contributed by atoms with E-state index in [0.717, 1.165) is 17.7 Å². The molecule has 110 valence electrons. The van der Waals surface area contributed by atoms with Crippen LogP contribution in [0.25, 0.3) is 0 Å². The predicted molar refractivity (Wildman–Crippen MR) is 87.6 cm³/mol. The summed E-state index contributed by atoms with van der Waals surface area (Å²) in [6, 6.07) is 12.2. The van der Waals surface area contributed by atoms with Crippen LogP contribution < -0.4 is 11.1 Å². The van der Waals surface area contributed by atoms with Crippen molar-refractivity contribution in [1.29, 1.82) is 0 Å². The highest BCUT2D eigenvalue weighted by atomic mass is 32.1. The number of nitrogens with two attached hydrogens (primary N) is 1. The first kappa shape index (κ1) is 15.4. The maximum absolute atomic E-state index is 13.3. The summed E-state index contributed by atoms with van der Waals surface area (Å²) in [4.78, 5) is 0.159. The van der Waals surface area contributed by atoms with Gasteiger partial charge in [-0.3, -0.25) is 0 Å². The number of ether oxygens (including phenoxy) is 1. The van der Waals surface area contributed by atoms with Crippen LogP contribution in [0, 0.1) is 5.82 Å². The van der Waals surface area contributed by atoms with Gasteiger partial charge in [-0.2, -0.15) is 0 Å². The molecule has 0 amide bonds. The van der Waals surface area contributed by atoms with E-state index in [0.29, 0.717) is 17.9 Å². The Balaban J connectivity index is 2.32. The van der Waals surface area contributed by atoms with Gasteiger partial charge in [0.1, 0.15) is 10.8 Å². The summed E-state index contributed by atoms with van der Waals surface area (Å²) in [6.07, 6.45) is 0.781. The van der Waals surface area contributed by atoms with Crippen LogP contribution in [0.4, 0.5) is 15.8 Å². The van der Waals surface area contributed by atoms with Gasteiger partial charge in [-0.15, -0.1) is 0 Å². The summed E-state index contributed by atoms with van der Waals surface area (Å²) in [6.45, 7) is 0.629. The van der Waals surface area contributed by atoms with Crippen molar-refractivity contribution < 1.29 is 9.13 Å². The quantitative estimate of drug-likeness (QED) is 0.803. The number of rotatable bonds is 6. The highest BCUT2D eigenvalue weighted by Crippen LogP contribution is 2.25. The van der Waals surface area contributed by atoms with Crippen LogP contribution in [0.2, 0.25) is 0 Å². The lowest BCUT2D eigenvalue weighted by atomic mass is 10.1. The topological polar surface area (TPSA) is 47.3 Å². The molecule has 2 rings (SSSR count). The van der Waals surface area contributed by atoms with Crippen molar-refractivity contribution in [3.05, 3.63) is 59.4 Å². The first-order valence-electron chi connectivity index (χ1n) is 6.55. The van der Waals surface area contributed by atoms with Crippen LogP contribution in [0.1, 0.15) is 11.1 Å². The number of thiocarbonyl (C=S) groups is 1. The second-order valence-electron chi connectivity index (χ2n) is 4.58. The minimum atomic E-state index is -0.365. The molecule has 0 aliphatic heterocycles. The van der Waals surface area contributed by atoms with Crippen molar-refractivity contribution in [2.24, 2.45) is 5.73 Å². The number of anilines is 2. The van der Waals surface area contributed by atoms with E-state index in [-0.39, 0.29) is 10.8 Å². The van der Waals surface area contributed by atoms with Gasteiger partial charge in [0.05, 0.1) is 6.61 Å². The highest BCUT2D eigenvalue weighted by Gasteiger charge is 2.09. The summed E-state index contributed by atoms with van der Waals surface area (Å²) >= 11 is 4.98. The molecule has 0 bridgehead atoms. The van der Waals surface area contributed by atoms with Gasteiger partial charge < -0.3 is 15.8 Å². The van der Waals surface area contributed by atoms with E-state index < -0.39 is 0 Å². The van der Waals surface area contributed by atoms with Crippen LogP contribution in [0.5, 0.6) is 0 Å². The largest absolute Gasteiger partial charge is 0.389 e. The summed E-state index contributed by atoms with van der Waals surface area (Å²) in [5, 5.41) is 3.27. The molecule has 0 heterocycles. The van der Waals surface area contributed by atoms with Gasteiger partial charge in [0, 0.05) is 24.0 Å². The number of para-hydroxylation sites is 1. The number of halogens is 1. The van der Waals surface area contributed by atoms with Crippen molar-refractivity contribution in [2.75, 3.05) is 19.0 Å². The van der Waals surface area contributed by atoms with E-state index in [9.17, 15) is 4.39 Å². The van der Waals surface area contributed by atoms with Crippen LogP contribution in [-0.2, 0) is 11.2 Å². The Hall–Kier alpha value is -1.98. The molecular weight excluding hydrogens is 287 g/mol. The smallest absolute Gasteiger partial charge is 0.124 e. The van der Waals surface area contributed by atoms with Gasteiger partial charge in [-0.1, -0.05) is 30.4 Å². The van der Waals surface area contributed by atoms with Gasteiger partial charge in [0.2, 0.25) is 0 Å². The fourth-order valence-electron chi connectivity index (χ4n) is 2.05. The SMILES string of the molecule is COCCc1ccccc1Nc1ccc(F)cc1C(N)=S. The van der Waals surface area contributed by atoms with Crippen LogP contribution in [0.3, 0.4) is 0 Å². The number of benzene rings is 2. The number of nitrogens with one attached hydrogen (secondary N) is 1. The molecule has 0 aromatic heterocycles. The molecule has 0 saturated heterocycles. The summed E-state index contributed by atoms with van der Waals surface area (Å²) in [7, 11) is 1.67. The molecule has 0 saturated carbocycles. The average molecular weight is 304 g/mol. The fourth-order valence-corrected chi connectivity index (χ4v) is 2.22. The molecule has 2 aromatic rings. The Morgan fingerprint density at radius 2 is 2.00 bits per heavy atom. The normalized spacial score (nSPS) is 10.4. The molecule has 21 heavy (non-hydrogen) atoms. The Morgan fingerprint density at radius 1 is 1.24 bits per heavy atom. The lowest BCUT2D eigenvalue weighted by molar-refractivity contribution is 0.202. The Morgan fingerprint density at radius 3 is 2.71 bits per heavy atom. The van der Waals surface area contributed by atoms with Crippen LogP contribution in [0.15, 0.2) is 42.5 Å². The lowest BCUT2D eigenvalue weighted by Gasteiger charge is -2.15. The maximum atomic E-state index is 13.3. The maximum Gasteiger partial charge on any atom is 0.124 e. The van der Waals surface area contributed by atoms with E-state index in [1.165, 1.54) is 12.1 Å². The molecule has 0 aliphatic rings. The average Bonchev–Trinajstić information content (AvgIpc) is 2.48. The first-order valence-corrected chi connectivity index (χ1v) is 6.96. The Bertz CT molecular complexity index is 646. The molecule has 5 heteroatoms. The molecule has 3 nitrogen and oxygen atoms in total. The van der Waals surface area contributed by atoms with E-state index in [4.69, 9.17) is 22.7 Å². The second kappa shape index (κ2) is 7.15. The summed E-state index contributed by atoms with van der Waals surface area (Å²) in [5.41, 5.74) is 8.88. The molecule has 0 unspecified atom stereocenters. The first-order chi connectivity index (χ1) is 10.1. The van der Waals surface area contributed by atoms with Crippen molar-refractivity contribution >= 4 is 28.6 Å². The van der Waals surface area contributed by atoms with E-state index in [1.54, 1.807) is 13.2 Å².